The normalized spacial score (nSPS) is 17.5. The van der Waals surface area contributed by atoms with Gasteiger partial charge in [0.15, 0.2) is 11.5 Å². The van der Waals surface area contributed by atoms with E-state index in [1.54, 1.807) is 30.3 Å². The molecule has 0 spiro atoms. The Morgan fingerprint density at radius 3 is 2.38 bits per heavy atom. The molecule has 1 aromatic carbocycles. The van der Waals surface area contributed by atoms with Crippen molar-refractivity contribution in [2.45, 2.75) is 57.7 Å². The second-order valence-electron chi connectivity index (χ2n) is 9.12. The minimum absolute atomic E-state index is 0.0221. The first-order valence-electron chi connectivity index (χ1n) is 11.9. The van der Waals surface area contributed by atoms with Crippen LogP contribution in [-0.4, -0.2) is 37.1 Å². The molecule has 3 aromatic rings. The number of amides is 2. The van der Waals surface area contributed by atoms with E-state index in [1.165, 1.54) is 7.05 Å². The Kier molecular flexibility index (Phi) is 6.95. The standard InChI is InChI=1S/C25H26F5N5O2/c1-4-9-14(5-2)22(36)32-23(37)21-31-18(15-10-7-6-8-11-15)19(34(21)3)16-13-35(17-12-24(17,26)27)33-20(16)25(28,29)30/h6-8,10-11,13-14,17H,4-5,9,12H2,1-3H3,(H,32,36,37). The van der Waals surface area contributed by atoms with E-state index < -0.39 is 53.6 Å². The first kappa shape index (κ1) is 26.5. The van der Waals surface area contributed by atoms with Crippen LogP contribution < -0.4 is 5.32 Å². The number of nitrogens with zero attached hydrogens (tertiary/aromatic N) is 4. The molecular formula is C25H26F5N5O2. The highest BCUT2D eigenvalue weighted by atomic mass is 19.4. The molecule has 2 heterocycles. The first-order chi connectivity index (χ1) is 17.4. The quantitative estimate of drug-likeness (QED) is 0.388. The molecule has 1 aliphatic carbocycles. The van der Waals surface area contributed by atoms with Crippen molar-refractivity contribution in [3.8, 4) is 22.5 Å². The average Bonchev–Trinajstić information content (AvgIpc) is 3.16. The molecule has 0 radical (unpaired) electrons. The molecule has 2 atom stereocenters. The van der Waals surface area contributed by atoms with Crippen LogP contribution >= 0.6 is 0 Å². The number of carbonyl (C=O) groups is 2. The summed E-state index contributed by atoms with van der Waals surface area (Å²) in [7, 11) is 1.33. The summed E-state index contributed by atoms with van der Waals surface area (Å²) in [5.41, 5.74) is -1.58. The van der Waals surface area contributed by atoms with Crippen LogP contribution in [0.15, 0.2) is 36.5 Å². The van der Waals surface area contributed by atoms with Crippen molar-refractivity contribution in [1.82, 2.24) is 24.6 Å². The Hall–Kier alpha value is -3.57. The maximum Gasteiger partial charge on any atom is 0.435 e. The first-order valence-corrected chi connectivity index (χ1v) is 11.9. The number of nitrogens with one attached hydrogen (secondary N) is 1. The van der Waals surface area contributed by atoms with Gasteiger partial charge in [-0.15, -0.1) is 0 Å². The molecule has 1 aliphatic rings. The molecule has 0 bridgehead atoms. The Bertz CT molecular complexity index is 1310. The Morgan fingerprint density at radius 1 is 1.19 bits per heavy atom. The second kappa shape index (κ2) is 9.71. The van der Waals surface area contributed by atoms with Gasteiger partial charge in [0.1, 0.15) is 6.04 Å². The third-order valence-electron chi connectivity index (χ3n) is 6.45. The molecule has 4 rings (SSSR count). The number of aromatic nitrogens is 4. The summed E-state index contributed by atoms with van der Waals surface area (Å²) >= 11 is 0. The molecule has 37 heavy (non-hydrogen) atoms. The van der Waals surface area contributed by atoms with E-state index in [1.807, 2.05) is 13.8 Å². The van der Waals surface area contributed by atoms with Gasteiger partial charge in [-0.3, -0.25) is 19.6 Å². The number of hydrogen-bond acceptors (Lipinski definition) is 4. The number of alkyl halides is 5. The lowest BCUT2D eigenvalue weighted by molar-refractivity contribution is -0.141. The lowest BCUT2D eigenvalue weighted by Crippen LogP contribution is -2.36. The molecule has 1 fully saturated rings. The molecule has 7 nitrogen and oxygen atoms in total. The smallest absolute Gasteiger partial charge is 0.322 e. The van der Waals surface area contributed by atoms with E-state index >= 15 is 0 Å². The molecule has 0 aliphatic heterocycles. The number of benzene rings is 1. The largest absolute Gasteiger partial charge is 0.435 e. The van der Waals surface area contributed by atoms with Crippen molar-refractivity contribution < 1.29 is 31.5 Å². The predicted molar refractivity (Wildman–Crippen MR) is 125 cm³/mol. The van der Waals surface area contributed by atoms with Gasteiger partial charge in [0.05, 0.1) is 17.0 Å². The van der Waals surface area contributed by atoms with E-state index in [9.17, 15) is 31.5 Å². The van der Waals surface area contributed by atoms with Gasteiger partial charge < -0.3 is 4.57 Å². The van der Waals surface area contributed by atoms with E-state index in [0.717, 1.165) is 17.2 Å². The zero-order valence-electron chi connectivity index (χ0n) is 20.4. The zero-order valence-corrected chi connectivity index (χ0v) is 20.4. The highest BCUT2D eigenvalue weighted by Gasteiger charge is 2.59. The fourth-order valence-electron chi connectivity index (χ4n) is 4.37. The van der Waals surface area contributed by atoms with Crippen LogP contribution in [0, 0.1) is 5.92 Å². The Morgan fingerprint density at radius 2 is 1.84 bits per heavy atom. The van der Waals surface area contributed by atoms with Gasteiger partial charge >= 0.3 is 6.18 Å². The van der Waals surface area contributed by atoms with Crippen LogP contribution in [0.2, 0.25) is 0 Å². The molecular weight excluding hydrogens is 497 g/mol. The van der Waals surface area contributed by atoms with E-state index in [-0.39, 0.29) is 17.2 Å². The zero-order chi connectivity index (χ0) is 27.1. The van der Waals surface area contributed by atoms with Gasteiger partial charge in [0.2, 0.25) is 5.91 Å². The van der Waals surface area contributed by atoms with E-state index in [4.69, 9.17) is 0 Å². The van der Waals surface area contributed by atoms with Crippen molar-refractivity contribution in [1.29, 1.82) is 0 Å². The van der Waals surface area contributed by atoms with Crippen molar-refractivity contribution in [2.24, 2.45) is 13.0 Å². The number of imide groups is 1. The van der Waals surface area contributed by atoms with Crippen molar-refractivity contribution in [2.75, 3.05) is 0 Å². The molecule has 2 amide bonds. The third-order valence-corrected chi connectivity index (χ3v) is 6.45. The number of rotatable bonds is 8. The summed E-state index contributed by atoms with van der Waals surface area (Å²) in [4.78, 5) is 30.0. The maximum atomic E-state index is 14.0. The van der Waals surface area contributed by atoms with Gasteiger partial charge in [0.25, 0.3) is 11.8 Å². The molecule has 0 saturated heterocycles. The summed E-state index contributed by atoms with van der Waals surface area (Å²) in [5.74, 6) is -5.23. The van der Waals surface area contributed by atoms with Crippen LogP contribution in [0.25, 0.3) is 22.5 Å². The summed E-state index contributed by atoms with van der Waals surface area (Å²) in [6, 6.07) is 6.70. The number of hydrogen-bond donors (Lipinski definition) is 1. The highest BCUT2D eigenvalue weighted by Crippen LogP contribution is 2.53. The monoisotopic (exact) mass is 523 g/mol. The number of imidazole rings is 1. The Balaban J connectivity index is 1.84. The molecule has 198 valence electrons. The van der Waals surface area contributed by atoms with Crippen molar-refractivity contribution >= 4 is 11.8 Å². The van der Waals surface area contributed by atoms with Crippen LogP contribution in [0.4, 0.5) is 22.0 Å². The van der Waals surface area contributed by atoms with Crippen molar-refractivity contribution in [3.63, 3.8) is 0 Å². The van der Waals surface area contributed by atoms with Crippen LogP contribution in [0.3, 0.4) is 0 Å². The van der Waals surface area contributed by atoms with Gasteiger partial charge in [-0.05, 0) is 12.8 Å². The number of halogens is 5. The molecule has 1 N–H and O–H groups in total. The second-order valence-corrected chi connectivity index (χ2v) is 9.12. The van der Waals surface area contributed by atoms with E-state index in [2.05, 4.69) is 15.4 Å². The van der Waals surface area contributed by atoms with Gasteiger partial charge in [0, 0.05) is 31.1 Å². The van der Waals surface area contributed by atoms with Gasteiger partial charge in [-0.2, -0.15) is 18.3 Å². The topological polar surface area (TPSA) is 81.8 Å². The van der Waals surface area contributed by atoms with Crippen LogP contribution in [-0.2, 0) is 18.0 Å². The lowest BCUT2D eigenvalue weighted by atomic mass is 10.00. The summed E-state index contributed by atoms with van der Waals surface area (Å²) in [6.45, 7) is 3.72. The number of carbonyl (C=O) groups excluding carboxylic acids is 2. The van der Waals surface area contributed by atoms with E-state index in [0.29, 0.717) is 23.1 Å². The molecule has 2 unspecified atom stereocenters. The SMILES string of the molecule is CCCC(CC)C(=O)NC(=O)c1nc(-c2ccccc2)c(-c2cn(C3CC3(F)F)nc2C(F)(F)F)n1C. The third kappa shape index (κ3) is 5.14. The molecule has 1 saturated carbocycles. The molecule has 12 heteroatoms. The van der Waals surface area contributed by atoms with Crippen LogP contribution in [0.5, 0.6) is 0 Å². The predicted octanol–water partition coefficient (Wildman–Crippen LogP) is 5.63. The minimum Gasteiger partial charge on any atom is -0.322 e. The highest BCUT2D eigenvalue weighted by molar-refractivity contribution is 6.04. The van der Waals surface area contributed by atoms with Gasteiger partial charge in [-0.25, -0.2) is 13.8 Å². The van der Waals surface area contributed by atoms with Gasteiger partial charge in [-0.1, -0.05) is 50.6 Å². The van der Waals surface area contributed by atoms with Crippen LogP contribution in [0.1, 0.15) is 61.9 Å². The fraction of sp³-hybridized carbons (Fsp3) is 0.440. The maximum absolute atomic E-state index is 14.0. The lowest BCUT2D eigenvalue weighted by Gasteiger charge is -2.13. The Labute approximate surface area is 209 Å². The minimum atomic E-state index is -4.96. The summed E-state index contributed by atoms with van der Waals surface area (Å²) in [6.07, 6.45) is -2.86. The summed E-state index contributed by atoms with van der Waals surface area (Å²) in [5, 5.41) is 5.77. The molecule has 2 aromatic heterocycles. The fourth-order valence-corrected chi connectivity index (χ4v) is 4.37. The summed E-state index contributed by atoms with van der Waals surface area (Å²) < 4.78 is 71.2. The average molecular weight is 524 g/mol. The van der Waals surface area contributed by atoms with Crippen molar-refractivity contribution in [3.05, 3.63) is 48.0 Å².